The summed E-state index contributed by atoms with van der Waals surface area (Å²) in [5.41, 5.74) is 1.26. The van der Waals surface area contributed by atoms with Gasteiger partial charge < -0.3 is 4.74 Å². The first-order chi connectivity index (χ1) is 6.67. The number of allylic oxidation sites excluding steroid dienone is 3. The highest BCUT2D eigenvalue weighted by Gasteiger charge is 2.21. The van der Waals surface area contributed by atoms with Gasteiger partial charge in [-0.05, 0) is 26.3 Å². The molecule has 0 aromatic rings. The van der Waals surface area contributed by atoms with Gasteiger partial charge in [-0.15, -0.1) is 0 Å². The number of ketones is 1. The summed E-state index contributed by atoms with van der Waals surface area (Å²) in [6, 6.07) is 0. The SMILES string of the molecule is CC=C(C)CC1C=C(C(=O)C=O)OC1. The van der Waals surface area contributed by atoms with Gasteiger partial charge in [0.2, 0.25) is 0 Å². The van der Waals surface area contributed by atoms with E-state index in [1.54, 1.807) is 6.08 Å². The molecule has 0 amide bonds. The molecule has 1 atom stereocenters. The van der Waals surface area contributed by atoms with Crippen LogP contribution in [0.25, 0.3) is 0 Å². The van der Waals surface area contributed by atoms with Gasteiger partial charge >= 0.3 is 0 Å². The molecule has 0 aromatic carbocycles. The number of ether oxygens (including phenoxy) is 1. The van der Waals surface area contributed by atoms with Crippen LogP contribution in [0.1, 0.15) is 20.3 Å². The molecule has 1 rings (SSSR count). The topological polar surface area (TPSA) is 43.4 Å². The van der Waals surface area contributed by atoms with Crippen LogP contribution in [0.15, 0.2) is 23.5 Å². The Bertz CT molecular complexity index is 300. The molecule has 1 heterocycles. The molecule has 0 fully saturated rings. The molecule has 3 nitrogen and oxygen atoms in total. The van der Waals surface area contributed by atoms with Crippen molar-refractivity contribution in [3.63, 3.8) is 0 Å². The molecule has 3 heteroatoms. The Morgan fingerprint density at radius 2 is 2.43 bits per heavy atom. The molecule has 0 saturated heterocycles. The van der Waals surface area contributed by atoms with Crippen LogP contribution in [0.3, 0.4) is 0 Å². The van der Waals surface area contributed by atoms with Gasteiger partial charge in [0, 0.05) is 5.92 Å². The number of rotatable bonds is 4. The third-order valence-corrected chi connectivity index (χ3v) is 2.27. The van der Waals surface area contributed by atoms with Gasteiger partial charge in [-0.1, -0.05) is 11.6 Å². The lowest BCUT2D eigenvalue weighted by Crippen LogP contribution is -2.03. The summed E-state index contributed by atoms with van der Waals surface area (Å²) < 4.78 is 5.12. The Balaban J connectivity index is 2.58. The van der Waals surface area contributed by atoms with E-state index in [0.717, 1.165) is 6.42 Å². The Morgan fingerprint density at radius 1 is 1.71 bits per heavy atom. The fraction of sp³-hybridized carbons (Fsp3) is 0.455. The Labute approximate surface area is 83.4 Å². The summed E-state index contributed by atoms with van der Waals surface area (Å²) in [4.78, 5) is 21.1. The third-order valence-electron chi connectivity index (χ3n) is 2.27. The number of Topliss-reactive ketones (excluding diaryl/α,β-unsaturated/α-hetero) is 1. The minimum Gasteiger partial charge on any atom is -0.489 e. The molecule has 0 saturated carbocycles. The summed E-state index contributed by atoms with van der Waals surface area (Å²) in [5.74, 6) is -0.135. The molecule has 1 aliphatic heterocycles. The summed E-state index contributed by atoms with van der Waals surface area (Å²) in [7, 11) is 0. The number of aldehydes is 1. The number of carbonyl (C=O) groups is 2. The van der Waals surface area contributed by atoms with Gasteiger partial charge in [0.15, 0.2) is 12.0 Å². The number of hydrogen-bond donors (Lipinski definition) is 0. The average molecular weight is 194 g/mol. The molecular formula is C11H14O3. The van der Waals surface area contributed by atoms with E-state index in [2.05, 4.69) is 0 Å². The monoisotopic (exact) mass is 194 g/mol. The molecule has 0 bridgehead atoms. The van der Waals surface area contributed by atoms with Gasteiger partial charge in [-0.25, -0.2) is 0 Å². The average Bonchev–Trinajstić information content (AvgIpc) is 2.65. The molecule has 0 radical (unpaired) electrons. The Hall–Kier alpha value is -1.38. The van der Waals surface area contributed by atoms with Crippen LogP contribution in [0.5, 0.6) is 0 Å². The van der Waals surface area contributed by atoms with Crippen molar-refractivity contribution < 1.29 is 14.3 Å². The van der Waals surface area contributed by atoms with Crippen LogP contribution >= 0.6 is 0 Å². The van der Waals surface area contributed by atoms with Crippen molar-refractivity contribution in [3.05, 3.63) is 23.5 Å². The van der Waals surface area contributed by atoms with Crippen LogP contribution in [0.4, 0.5) is 0 Å². The second-order valence-electron chi connectivity index (χ2n) is 3.42. The summed E-state index contributed by atoms with van der Waals surface area (Å²) in [6.07, 6.45) is 4.94. The van der Waals surface area contributed by atoms with Gasteiger partial charge in [0.25, 0.3) is 5.78 Å². The first kappa shape index (κ1) is 10.7. The first-order valence-corrected chi connectivity index (χ1v) is 4.63. The maximum atomic E-state index is 10.9. The van der Waals surface area contributed by atoms with Crippen LogP contribution < -0.4 is 0 Å². The zero-order valence-electron chi connectivity index (χ0n) is 8.45. The van der Waals surface area contributed by atoms with Crippen molar-refractivity contribution in [2.75, 3.05) is 6.61 Å². The minimum absolute atomic E-state index is 0.203. The summed E-state index contributed by atoms with van der Waals surface area (Å²) >= 11 is 0. The highest BCUT2D eigenvalue weighted by Crippen LogP contribution is 2.22. The number of hydrogen-bond acceptors (Lipinski definition) is 3. The second kappa shape index (κ2) is 4.74. The maximum Gasteiger partial charge on any atom is 0.259 e. The molecule has 14 heavy (non-hydrogen) atoms. The first-order valence-electron chi connectivity index (χ1n) is 4.63. The molecule has 0 aromatic heterocycles. The van der Waals surface area contributed by atoms with Gasteiger partial charge in [0.1, 0.15) is 0 Å². The fourth-order valence-electron chi connectivity index (χ4n) is 1.37. The fourth-order valence-corrected chi connectivity index (χ4v) is 1.37. The second-order valence-corrected chi connectivity index (χ2v) is 3.42. The predicted molar refractivity (Wildman–Crippen MR) is 52.6 cm³/mol. The van der Waals surface area contributed by atoms with Crippen LogP contribution in [0, 0.1) is 5.92 Å². The smallest absolute Gasteiger partial charge is 0.259 e. The van der Waals surface area contributed by atoms with E-state index in [4.69, 9.17) is 4.74 Å². The Morgan fingerprint density at radius 3 is 3.00 bits per heavy atom. The van der Waals surface area contributed by atoms with Crippen molar-refractivity contribution in [1.29, 1.82) is 0 Å². The van der Waals surface area contributed by atoms with E-state index in [1.807, 2.05) is 19.9 Å². The summed E-state index contributed by atoms with van der Waals surface area (Å²) in [6.45, 7) is 4.51. The molecule has 0 aliphatic carbocycles. The largest absolute Gasteiger partial charge is 0.489 e. The van der Waals surface area contributed by atoms with Crippen LogP contribution in [-0.4, -0.2) is 18.7 Å². The lowest BCUT2D eigenvalue weighted by molar-refractivity contribution is -0.129. The van der Waals surface area contributed by atoms with Crippen molar-refractivity contribution in [2.24, 2.45) is 5.92 Å². The number of carbonyl (C=O) groups excluding carboxylic acids is 2. The quantitative estimate of drug-likeness (QED) is 0.388. The molecular weight excluding hydrogens is 180 g/mol. The van der Waals surface area contributed by atoms with E-state index in [0.29, 0.717) is 6.61 Å². The highest BCUT2D eigenvalue weighted by molar-refractivity contribution is 6.32. The van der Waals surface area contributed by atoms with Crippen molar-refractivity contribution >= 4 is 12.1 Å². The Kier molecular flexibility index (Phi) is 3.63. The minimum atomic E-state index is -0.564. The van der Waals surface area contributed by atoms with Crippen molar-refractivity contribution in [2.45, 2.75) is 20.3 Å². The van der Waals surface area contributed by atoms with E-state index < -0.39 is 5.78 Å². The van der Waals surface area contributed by atoms with Crippen molar-refractivity contribution in [1.82, 2.24) is 0 Å². The lowest BCUT2D eigenvalue weighted by Gasteiger charge is -2.04. The zero-order valence-corrected chi connectivity index (χ0v) is 8.45. The highest BCUT2D eigenvalue weighted by atomic mass is 16.5. The predicted octanol–water partition coefficient (Wildman–Crippen LogP) is 1.64. The van der Waals surface area contributed by atoms with Crippen molar-refractivity contribution in [3.8, 4) is 0 Å². The van der Waals surface area contributed by atoms with E-state index in [9.17, 15) is 9.59 Å². The standard InChI is InChI=1S/C11H14O3/c1-3-8(2)4-9-5-11(14-7-9)10(13)6-12/h3,5-6,9H,4,7H2,1-2H3. The van der Waals surface area contributed by atoms with Crippen LogP contribution in [-0.2, 0) is 14.3 Å². The van der Waals surface area contributed by atoms with Crippen LogP contribution in [0.2, 0.25) is 0 Å². The van der Waals surface area contributed by atoms with Gasteiger partial charge in [-0.3, -0.25) is 9.59 Å². The molecule has 1 unspecified atom stereocenters. The summed E-state index contributed by atoms with van der Waals surface area (Å²) in [5, 5.41) is 0. The molecule has 0 N–H and O–H groups in total. The van der Waals surface area contributed by atoms with Gasteiger partial charge in [-0.2, -0.15) is 0 Å². The van der Waals surface area contributed by atoms with E-state index >= 15 is 0 Å². The normalized spacial score (nSPS) is 21.4. The van der Waals surface area contributed by atoms with E-state index in [1.165, 1.54) is 5.57 Å². The molecule has 76 valence electrons. The molecule has 0 spiro atoms. The zero-order chi connectivity index (χ0) is 10.6. The third kappa shape index (κ3) is 2.55. The van der Waals surface area contributed by atoms with Gasteiger partial charge in [0.05, 0.1) is 6.61 Å². The molecule has 1 aliphatic rings. The lowest BCUT2D eigenvalue weighted by atomic mass is 10.0. The van der Waals surface area contributed by atoms with E-state index in [-0.39, 0.29) is 18.0 Å². The maximum absolute atomic E-state index is 10.9.